The van der Waals surface area contributed by atoms with Crippen LogP contribution in [0, 0.1) is 6.92 Å². The summed E-state index contributed by atoms with van der Waals surface area (Å²) in [6, 6.07) is 4.99. The standard InChI is InChI=1S/C11H11N3O3/c1-7-13-9(11(15)16)5-10(14-7)12-6-8-3-2-4-17-8/h2-5H,6H2,1H3,(H,15,16)(H,12,13,14). The van der Waals surface area contributed by atoms with E-state index < -0.39 is 5.97 Å². The number of anilines is 1. The Hall–Kier alpha value is -2.37. The summed E-state index contributed by atoms with van der Waals surface area (Å²) in [6.45, 7) is 2.09. The van der Waals surface area contributed by atoms with Gasteiger partial charge in [0.1, 0.15) is 17.4 Å². The highest BCUT2D eigenvalue weighted by molar-refractivity contribution is 5.86. The molecule has 0 aliphatic carbocycles. The summed E-state index contributed by atoms with van der Waals surface area (Å²) in [4.78, 5) is 18.7. The molecule has 88 valence electrons. The van der Waals surface area contributed by atoms with Crippen molar-refractivity contribution in [3.8, 4) is 0 Å². The van der Waals surface area contributed by atoms with Crippen LogP contribution in [0.2, 0.25) is 0 Å². The first-order valence-electron chi connectivity index (χ1n) is 5.00. The molecular weight excluding hydrogens is 222 g/mol. The molecule has 0 bridgehead atoms. The van der Waals surface area contributed by atoms with Crippen LogP contribution in [0.15, 0.2) is 28.9 Å². The molecule has 0 spiro atoms. The van der Waals surface area contributed by atoms with E-state index in [2.05, 4.69) is 15.3 Å². The van der Waals surface area contributed by atoms with Crippen molar-refractivity contribution in [3.05, 3.63) is 41.7 Å². The molecule has 0 aromatic carbocycles. The van der Waals surface area contributed by atoms with Gasteiger partial charge < -0.3 is 14.8 Å². The third-order valence-corrected chi connectivity index (χ3v) is 2.08. The van der Waals surface area contributed by atoms with E-state index in [0.717, 1.165) is 5.76 Å². The summed E-state index contributed by atoms with van der Waals surface area (Å²) in [5, 5.41) is 11.8. The quantitative estimate of drug-likeness (QED) is 0.835. The van der Waals surface area contributed by atoms with Crippen LogP contribution in [-0.4, -0.2) is 21.0 Å². The summed E-state index contributed by atoms with van der Waals surface area (Å²) in [7, 11) is 0. The van der Waals surface area contributed by atoms with Gasteiger partial charge in [-0.25, -0.2) is 14.8 Å². The topological polar surface area (TPSA) is 88.2 Å². The second-order valence-corrected chi connectivity index (χ2v) is 3.42. The lowest BCUT2D eigenvalue weighted by Gasteiger charge is -2.05. The summed E-state index contributed by atoms with van der Waals surface area (Å²) >= 11 is 0. The van der Waals surface area contributed by atoms with Gasteiger partial charge in [-0.3, -0.25) is 0 Å². The Balaban J connectivity index is 2.13. The highest BCUT2D eigenvalue weighted by Gasteiger charge is 2.08. The van der Waals surface area contributed by atoms with Crippen LogP contribution in [0.25, 0.3) is 0 Å². The molecular formula is C11H11N3O3. The van der Waals surface area contributed by atoms with E-state index in [1.54, 1.807) is 19.3 Å². The monoisotopic (exact) mass is 233 g/mol. The van der Waals surface area contributed by atoms with Gasteiger partial charge in [-0.05, 0) is 19.1 Å². The molecule has 0 saturated carbocycles. The van der Waals surface area contributed by atoms with E-state index in [1.165, 1.54) is 6.07 Å². The Labute approximate surface area is 97.3 Å². The van der Waals surface area contributed by atoms with Gasteiger partial charge in [0.15, 0.2) is 5.69 Å². The Bertz CT molecular complexity index is 523. The van der Waals surface area contributed by atoms with E-state index in [1.807, 2.05) is 6.07 Å². The van der Waals surface area contributed by atoms with Crippen molar-refractivity contribution in [1.82, 2.24) is 9.97 Å². The fourth-order valence-electron chi connectivity index (χ4n) is 1.36. The van der Waals surface area contributed by atoms with E-state index in [4.69, 9.17) is 9.52 Å². The van der Waals surface area contributed by atoms with Gasteiger partial charge in [0, 0.05) is 6.07 Å². The molecule has 0 radical (unpaired) electrons. The number of nitrogens with one attached hydrogen (secondary N) is 1. The van der Waals surface area contributed by atoms with Crippen molar-refractivity contribution >= 4 is 11.8 Å². The van der Waals surface area contributed by atoms with Gasteiger partial charge >= 0.3 is 5.97 Å². The number of hydrogen-bond donors (Lipinski definition) is 2. The number of aromatic carboxylic acids is 1. The minimum Gasteiger partial charge on any atom is -0.477 e. The lowest BCUT2D eigenvalue weighted by Crippen LogP contribution is -2.07. The normalized spacial score (nSPS) is 10.2. The average Bonchev–Trinajstić information content (AvgIpc) is 2.78. The molecule has 2 aromatic rings. The van der Waals surface area contributed by atoms with E-state index >= 15 is 0 Å². The number of rotatable bonds is 4. The maximum Gasteiger partial charge on any atom is 0.354 e. The van der Waals surface area contributed by atoms with Crippen molar-refractivity contribution in [2.75, 3.05) is 5.32 Å². The van der Waals surface area contributed by atoms with Crippen molar-refractivity contribution in [3.63, 3.8) is 0 Å². The third kappa shape index (κ3) is 2.81. The van der Waals surface area contributed by atoms with Crippen LogP contribution in [0.5, 0.6) is 0 Å². The number of furan rings is 1. The minimum atomic E-state index is -1.07. The molecule has 6 heteroatoms. The second kappa shape index (κ2) is 4.65. The molecule has 0 aliphatic rings. The number of nitrogens with zero attached hydrogens (tertiary/aromatic N) is 2. The molecule has 0 amide bonds. The zero-order valence-corrected chi connectivity index (χ0v) is 9.17. The van der Waals surface area contributed by atoms with Gasteiger partial charge in [0.25, 0.3) is 0 Å². The maximum absolute atomic E-state index is 10.8. The molecule has 17 heavy (non-hydrogen) atoms. The molecule has 6 nitrogen and oxygen atoms in total. The summed E-state index contributed by atoms with van der Waals surface area (Å²) in [5.74, 6) is 0.549. The van der Waals surface area contributed by atoms with E-state index in [-0.39, 0.29) is 5.69 Å². The van der Waals surface area contributed by atoms with Crippen LogP contribution in [-0.2, 0) is 6.54 Å². The Morgan fingerprint density at radius 3 is 3.00 bits per heavy atom. The molecule has 2 N–H and O–H groups in total. The highest BCUT2D eigenvalue weighted by Crippen LogP contribution is 2.09. The number of carboxylic acid groups (broad SMARTS) is 1. The van der Waals surface area contributed by atoms with Crippen molar-refractivity contribution in [2.24, 2.45) is 0 Å². The fourth-order valence-corrected chi connectivity index (χ4v) is 1.36. The molecule has 0 aliphatic heterocycles. The van der Waals surface area contributed by atoms with Crippen LogP contribution in [0.3, 0.4) is 0 Å². The zero-order chi connectivity index (χ0) is 12.3. The number of carboxylic acids is 1. The van der Waals surface area contributed by atoms with Gasteiger partial charge in [-0.15, -0.1) is 0 Å². The first-order chi connectivity index (χ1) is 8.15. The Morgan fingerprint density at radius 2 is 2.35 bits per heavy atom. The second-order valence-electron chi connectivity index (χ2n) is 3.42. The molecule has 0 unspecified atom stereocenters. The van der Waals surface area contributed by atoms with Gasteiger partial charge in [0.05, 0.1) is 12.8 Å². The number of aromatic nitrogens is 2. The SMILES string of the molecule is Cc1nc(NCc2ccco2)cc(C(=O)O)n1. The molecule has 2 rings (SSSR count). The molecule has 0 fully saturated rings. The number of hydrogen-bond acceptors (Lipinski definition) is 5. The predicted octanol–water partition coefficient (Wildman–Crippen LogP) is 1.69. The van der Waals surface area contributed by atoms with Crippen LogP contribution in [0.4, 0.5) is 5.82 Å². The molecule has 2 heterocycles. The van der Waals surface area contributed by atoms with Crippen LogP contribution < -0.4 is 5.32 Å². The maximum atomic E-state index is 10.8. The predicted molar refractivity (Wildman–Crippen MR) is 59.8 cm³/mol. The number of carbonyl (C=O) groups is 1. The van der Waals surface area contributed by atoms with Crippen LogP contribution in [0.1, 0.15) is 22.1 Å². The lowest BCUT2D eigenvalue weighted by molar-refractivity contribution is 0.0690. The first-order valence-corrected chi connectivity index (χ1v) is 5.00. The third-order valence-electron chi connectivity index (χ3n) is 2.08. The smallest absolute Gasteiger partial charge is 0.354 e. The van der Waals surface area contributed by atoms with Crippen molar-refractivity contribution < 1.29 is 14.3 Å². The molecule has 0 atom stereocenters. The van der Waals surface area contributed by atoms with Crippen LogP contribution >= 0.6 is 0 Å². The van der Waals surface area contributed by atoms with Gasteiger partial charge in [-0.1, -0.05) is 0 Å². The lowest BCUT2D eigenvalue weighted by atomic mass is 10.3. The van der Waals surface area contributed by atoms with Crippen molar-refractivity contribution in [1.29, 1.82) is 0 Å². The highest BCUT2D eigenvalue weighted by atomic mass is 16.4. The summed E-state index contributed by atoms with van der Waals surface area (Å²) in [5.41, 5.74) is -0.0283. The van der Waals surface area contributed by atoms with E-state index in [0.29, 0.717) is 18.2 Å². The fraction of sp³-hybridized carbons (Fsp3) is 0.182. The summed E-state index contributed by atoms with van der Waals surface area (Å²) in [6.07, 6.45) is 1.57. The largest absolute Gasteiger partial charge is 0.477 e. The molecule has 0 saturated heterocycles. The van der Waals surface area contributed by atoms with Gasteiger partial charge in [-0.2, -0.15) is 0 Å². The zero-order valence-electron chi connectivity index (χ0n) is 9.17. The molecule has 2 aromatic heterocycles. The summed E-state index contributed by atoms with van der Waals surface area (Å²) < 4.78 is 5.14. The van der Waals surface area contributed by atoms with E-state index in [9.17, 15) is 4.79 Å². The Morgan fingerprint density at radius 1 is 1.53 bits per heavy atom. The van der Waals surface area contributed by atoms with Crippen molar-refractivity contribution in [2.45, 2.75) is 13.5 Å². The first kappa shape index (κ1) is 11.1. The average molecular weight is 233 g/mol. The number of aryl methyl sites for hydroxylation is 1. The minimum absolute atomic E-state index is 0.0283. The van der Waals surface area contributed by atoms with Gasteiger partial charge in [0.2, 0.25) is 0 Å². The Kier molecular flexibility index (Phi) is 3.04.